The molecule has 0 radical (unpaired) electrons. The molecule has 138 valence electrons. The Morgan fingerprint density at radius 3 is 2.08 bits per heavy atom. The van der Waals surface area contributed by atoms with Gasteiger partial charge in [0.15, 0.2) is 0 Å². The van der Waals surface area contributed by atoms with Crippen molar-refractivity contribution in [2.75, 3.05) is 4.72 Å². The van der Waals surface area contributed by atoms with Crippen molar-refractivity contribution in [3.05, 3.63) is 59.7 Å². The minimum absolute atomic E-state index is 0.0482. The van der Waals surface area contributed by atoms with Crippen LogP contribution in [-0.2, 0) is 26.0 Å². The van der Waals surface area contributed by atoms with Gasteiger partial charge in [0.05, 0.1) is 17.2 Å². The molecule has 0 saturated carbocycles. The van der Waals surface area contributed by atoms with Crippen LogP contribution in [0.4, 0.5) is 5.69 Å². The monoisotopic (exact) mass is 377 g/mol. The molecule has 0 aliphatic rings. The van der Waals surface area contributed by atoms with Crippen LogP contribution >= 0.6 is 0 Å². The van der Waals surface area contributed by atoms with Gasteiger partial charge in [-0.15, -0.1) is 0 Å². The topological polar surface area (TPSA) is 121 Å². The van der Waals surface area contributed by atoms with Crippen LogP contribution in [0.5, 0.6) is 0 Å². The predicted octanol–water partition coefficient (Wildman–Crippen LogP) is 2.51. The molecule has 1 atom stereocenters. The van der Waals surface area contributed by atoms with Crippen LogP contribution in [0.1, 0.15) is 17.5 Å². The van der Waals surface area contributed by atoms with Crippen molar-refractivity contribution in [1.82, 2.24) is 0 Å². The highest BCUT2D eigenvalue weighted by Gasteiger charge is 2.21. The second-order valence-corrected chi connectivity index (χ2v) is 7.64. The van der Waals surface area contributed by atoms with Crippen LogP contribution in [0.2, 0.25) is 0 Å². The third-order valence-electron chi connectivity index (χ3n) is 3.79. The lowest BCUT2D eigenvalue weighted by Gasteiger charge is -2.12. The van der Waals surface area contributed by atoms with Gasteiger partial charge in [0.1, 0.15) is 0 Å². The Balaban J connectivity index is 2.10. The Bertz CT molecular complexity index is 888. The van der Waals surface area contributed by atoms with Gasteiger partial charge in [0, 0.05) is 5.69 Å². The largest absolute Gasteiger partial charge is 0.481 e. The maximum absolute atomic E-state index is 12.3. The molecular formula is C18H19NO6S. The molecule has 0 heterocycles. The van der Waals surface area contributed by atoms with E-state index in [0.29, 0.717) is 11.3 Å². The van der Waals surface area contributed by atoms with Crippen molar-refractivity contribution in [3.8, 4) is 0 Å². The molecule has 0 spiro atoms. The summed E-state index contributed by atoms with van der Waals surface area (Å²) in [7, 11) is -3.72. The number of carbonyl (C=O) groups is 2. The molecule has 0 bridgehead atoms. The average molecular weight is 377 g/mol. The van der Waals surface area contributed by atoms with Crippen molar-refractivity contribution in [2.45, 2.75) is 24.7 Å². The van der Waals surface area contributed by atoms with E-state index in [1.165, 1.54) is 24.3 Å². The summed E-state index contributed by atoms with van der Waals surface area (Å²) in [6.07, 6.45) is -0.427. The van der Waals surface area contributed by atoms with Gasteiger partial charge in [-0.3, -0.25) is 14.3 Å². The zero-order valence-corrected chi connectivity index (χ0v) is 14.9. The SMILES string of the molecule is Cc1ccc(S(=O)(=O)Nc2ccc(CC(CC(=O)O)C(=O)O)cc2)cc1. The lowest BCUT2D eigenvalue weighted by Crippen LogP contribution is -2.20. The summed E-state index contributed by atoms with van der Waals surface area (Å²) >= 11 is 0. The zero-order valence-electron chi connectivity index (χ0n) is 14.0. The van der Waals surface area contributed by atoms with Crippen molar-refractivity contribution >= 4 is 27.6 Å². The molecule has 2 aromatic carbocycles. The van der Waals surface area contributed by atoms with Crippen LogP contribution in [0.3, 0.4) is 0 Å². The van der Waals surface area contributed by atoms with E-state index in [-0.39, 0.29) is 11.3 Å². The normalized spacial score (nSPS) is 12.3. The van der Waals surface area contributed by atoms with E-state index in [1.54, 1.807) is 24.3 Å². The second kappa shape index (κ2) is 8.01. The first kappa shape index (κ1) is 19.5. The summed E-state index contributed by atoms with van der Waals surface area (Å²) < 4.78 is 27.1. The minimum Gasteiger partial charge on any atom is -0.481 e. The molecule has 0 aliphatic heterocycles. The average Bonchev–Trinajstić information content (AvgIpc) is 2.55. The Labute approximate surface area is 151 Å². The highest BCUT2D eigenvalue weighted by atomic mass is 32.2. The molecule has 2 rings (SSSR count). The van der Waals surface area contributed by atoms with E-state index >= 15 is 0 Å². The number of hydrogen-bond donors (Lipinski definition) is 3. The maximum atomic E-state index is 12.3. The van der Waals surface area contributed by atoms with Crippen LogP contribution in [0.25, 0.3) is 0 Å². The Morgan fingerprint density at radius 1 is 1.00 bits per heavy atom. The van der Waals surface area contributed by atoms with E-state index in [1.807, 2.05) is 6.92 Å². The van der Waals surface area contributed by atoms with Gasteiger partial charge in [-0.25, -0.2) is 8.42 Å². The lowest BCUT2D eigenvalue weighted by molar-refractivity contribution is -0.148. The molecule has 7 nitrogen and oxygen atoms in total. The summed E-state index contributed by atoms with van der Waals surface area (Å²) in [6, 6.07) is 12.6. The molecule has 1 unspecified atom stereocenters. The molecule has 0 aliphatic carbocycles. The van der Waals surface area contributed by atoms with Gasteiger partial charge < -0.3 is 10.2 Å². The van der Waals surface area contributed by atoms with Gasteiger partial charge in [-0.05, 0) is 43.2 Å². The van der Waals surface area contributed by atoms with Crippen LogP contribution in [0.15, 0.2) is 53.4 Å². The number of anilines is 1. The number of rotatable bonds is 8. The number of aryl methyl sites for hydroxylation is 1. The fourth-order valence-electron chi connectivity index (χ4n) is 2.38. The Hall–Kier alpha value is -2.87. The van der Waals surface area contributed by atoms with Crippen molar-refractivity contribution in [2.24, 2.45) is 5.92 Å². The van der Waals surface area contributed by atoms with Gasteiger partial charge >= 0.3 is 11.9 Å². The number of sulfonamides is 1. The van der Waals surface area contributed by atoms with Crippen molar-refractivity contribution < 1.29 is 28.2 Å². The summed E-state index contributed by atoms with van der Waals surface area (Å²) in [4.78, 5) is 22.0. The van der Waals surface area contributed by atoms with E-state index in [4.69, 9.17) is 10.2 Å². The van der Waals surface area contributed by atoms with E-state index in [0.717, 1.165) is 5.56 Å². The summed E-state index contributed by atoms with van der Waals surface area (Å²) in [5.41, 5.74) is 1.89. The predicted molar refractivity (Wildman–Crippen MR) is 95.5 cm³/mol. The van der Waals surface area contributed by atoms with E-state index in [2.05, 4.69) is 4.72 Å². The van der Waals surface area contributed by atoms with Crippen LogP contribution in [-0.4, -0.2) is 30.6 Å². The third kappa shape index (κ3) is 5.32. The molecule has 0 saturated heterocycles. The molecule has 0 fully saturated rings. The van der Waals surface area contributed by atoms with Crippen LogP contribution in [0, 0.1) is 12.8 Å². The zero-order chi connectivity index (χ0) is 19.3. The fourth-order valence-corrected chi connectivity index (χ4v) is 3.44. The molecule has 0 aromatic heterocycles. The number of carboxylic acids is 2. The van der Waals surface area contributed by atoms with Gasteiger partial charge in [-0.2, -0.15) is 0 Å². The molecule has 3 N–H and O–H groups in total. The smallest absolute Gasteiger partial charge is 0.307 e. The Kier molecular flexibility index (Phi) is 5.99. The molecule has 26 heavy (non-hydrogen) atoms. The van der Waals surface area contributed by atoms with Crippen molar-refractivity contribution in [3.63, 3.8) is 0 Å². The first-order valence-corrected chi connectivity index (χ1v) is 9.29. The summed E-state index contributed by atoms with van der Waals surface area (Å²) in [6.45, 7) is 1.86. The van der Waals surface area contributed by atoms with Gasteiger partial charge in [-0.1, -0.05) is 29.8 Å². The van der Waals surface area contributed by atoms with Crippen LogP contribution < -0.4 is 4.72 Å². The maximum Gasteiger partial charge on any atom is 0.307 e. The van der Waals surface area contributed by atoms with E-state index in [9.17, 15) is 18.0 Å². The number of nitrogens with one attached hydrogen (secondary N) is 1. The second-order valence-electron chi connectivity index (χ2n) is 5.95. The first-order valence-electron chi connectivity index (χ1n) is 7.80. The standard InChI is InChI=1S/C18H19NO6S/c1-12-2-8-16(9-3-12)26(24,25)19-15-6-4-13(5-7-15)10-14(18(22)23)11-17(20)21/h2-9,14,19H,10-11H2,1H3,(H,20,21)(H,22,23). The van der Waals surface area contributed by atoms with Gasteiger partial charge in [0.2, 0.25) is 0 Å². The molecule has 8 heteroatoms. The number of carboxylic acid groups (broad SMARTS) is 2. The molecule has 2 aromatic rings. The molecule has 0 amide bonds. The summed E-state index contributed by atoms with van der Waals surface area (Å²) in [5.74, 6) is -3.40. The summed E-state index contributed by atoms with van der Waals surface area (Å²) in [5, 5.41) is 17.8. The molecular weight excluding hydrogens is 358 g/mol. The fraction of sp³-hybridized carbons (Fsp3) is 0.222. The quantitative estimate of drug-likeness (QED) is 0.650. The number of benzene rings is 2. The highest BCUT2D eigenvalue weighted by Crippen LogP contribution is 2.19. The third-order valence-corrected chi connectivity index (χ3v) is 5.19. The minimum atomic E-state index is -3.72. The Morgan fingerprint density at radius 2 is 1.58 bits per heavy atom. The van der Waals surface area contributed by atoms with Gasteiger partial charge in [0.25, 0.3) is 10.0 Å². The highest BCUT2D eigenvalue weighted by molar-refractivity contribution is 7.92. The lowest BCUT2D eigenvalue weighted by atomic mass is 9.96. The number of hydrogen-bond acceptors (Lipinski definition) is 4. The van der Waals surface area contributed by atoms with Crippen molar-refractivity contribution in [1.29, 1.82) is 0 Å². The number of aliphatic carboxylic acids is 2. The first-order chi connectivity index (χ1) is 12.2. The van der Waals surface area contributed by atoms with E-state index < -0.39 is 34.3 Å².